The summed E-state index contributed by atoms with van der Waals surface area (Å²) in [5, 5.41) is 0. The number of halogens is 1. The van der Waals surface area contributed by atoms with Crippen LogP contribution in [0.3, 0.4) is 0 Å². The summed E-state index contributed by atoms with van der Waals surface area (Å²) in [6.45, 7) is 8.49. The van der Waals surface area contributed by atoms with Gasteiger partial charge in [-0.15, -0.1) is 0 Å². The first-order chi connectivity index (χ1) is 16.3. The van der Waals surface area contributed by atoms with E-state index in [1.165, 1.54) is 154 Å². The van der Waals surface area contributed by atoms with Crippen molar-refractivity contribution in [1.29, 1.82) is 0 Å². The van der Waals surface area contributed by atoms with E-state index in [4.69, 9.17) is 4.74 Å². The Morgan fingerprint density at radius 1 is 0.424 bits per heavy atom. The molecule has 3 heteroatoms. The van der Waals surface area contributed by atoms with Gasteiger partial charge < -0.3 is 9.64 Å². The smallest absolute Gasteiger partial charge is 0.113 e. The lowest BCUT2D eigenvalue weighted by atomic mass is 10.1. The number of hydrogen-bond donors (Lipinski definition) is 0. The Morgan fingerprint density at radius 3 is 1.09 bits per heavy atom. The van der Waals surface area contributed by atoms with Crippen molar-refractivity contribution >= 4 is 0 Å². The molecule has 0 saturated heterocycles. The fourth-order valence-electron chi connectivity index (χ4n) is 4.68. The van der Waals surface area contributed by atoms with Gasteiger partial charge in [0.05, 0.1) is 13.2 Å². The number of nitrogens with zero attached hydrogens (tertiary/aromatic N) is 1. The summed E-state index contributed by atoms with van der Waals surface area (Å²) in [6, 6.07) is 0. The summed E-state index contributed by atoms with van der Waals surface area (Å²) in [5.41, 5.74) is 0. The zero-order chi connectivity index (χ0) is 24.1. The average Bonchev–Trinajstić information content (AvgIpc) is 2.83. The molecule has 2 nitrogen and oxygen atoms in total. The van der Waals surface area contributed by atoms with Crippen LogP contribution < -0.4 is 0 Å². The number of hydrogen-bond acceptors (Lipinski definition) is 2. The summed E-state index contributed by atoms with van der Waals surface area (Å²) < 4.78 is 17.7. The fourth-order valence-corrected chi connectivity index (χ4v) is 4.68. The third kappa shape index (κ3) is 28.0. The van der Waals surface area contributed by atoms with Crippen molar-refractivity contribution < 1.29 is 9.13 Å². The molecule has 0 bridgehead atoms. The maximum Gasteiger partial charge on any atom is 0.113 e. The van der Waals surface area contributed by atoms with E-state index in [1.807, 2.05) is 0 Å². The van der Waals surface area contributed by atoms with E-state index in [1.54, 1.807) is 0 Å². The predicted molar refractivity (Wildman–Crippen MR) is 146 cm³/mol. The molecule has 0 radical (unpaired) electrons. The predicted octanol–water partition coefficient (Wildman–Crippen LogP) is 9.90. The lowest BCUT2D eigenvalue weighted by Gasteiger charge is -2.22. The number of unbranched alkanes of at least 4 members (excludes halogenated alkanes) is 20. The highest BCUT2D eigenvalue weighted by molar-refractivity contribution is 4.60. The minimum absolute atomic E-state index is 0.255. The van der Waals surface area contributed by atoms with Gasteiger partial charge in [-0.1, -0.05) is 142 Å². The van der Waals surface area contributed by atoms with Gasteiger partial charge >= 0.3 is 0 Å². The fraction of sp³-hybridized carbons (Fsp3) is 1.00. The Hall–Kier alpha value is -0.150. The van der Waals surface area contributed by atoms with Crippen LogP contribution in [0, 0.1) is 0 Å². The molecule has 0 saturated carbocycles. The van der Waals surface area contributed by atoms with Gasteiger partial charge in [-0.05, 0) is 25.9 Å². The summed E-state index contributed by atoms with van der Waals surface area (Å²) in [5.74, 6) is 0. The minimum atomic E-state index is -0.364. The molecule has 0 atom stereocenters. The second kappa shape index (κ2) is 29.9. The second-order valence-corrected chi connectivity index (χ2v) is 10.2. The van der Waals surface area contributed by atoms with Crippen LogP contribution in [0.1, 0.15) is 155 Å². The summed E-state index contributed by atoms with van der Waals surface area (Å²) in [7, 11) is 0. The summed E-state index contributed by atoms with van der Waals surface area (Å²) in [6.07, 6.45) is 30.7. The molecule has 0 heterocycles. The van der Waals surface area contributed by atoms with Crippen molar-refractivity contribution in [3.05, 3.63) is 0 Å². The normalized spacial score (nSPS) is 11.6. The molecule has 0 aliphatic rings. The third-order valence-electron chi connectivity index (χ3n) is 6.93. The molecule has 0 aromatic rings. The summed E-state index contributed by atoms with van der Waals surface area (Å²) >= 11 is 0. The van der Waals surface area contributed by atoms with Crippen LogP contribution in [0.5, 0.6) is 0 Å². The van der Waals surface area contributed by atoms with Crippen molar-refractivity contribution in [3.63, 3.8) is 0 Å². The molecule has 0 amide bonds. The quantitative estimate of drug-likeness (QED) is 0.101. The van der Waals surface area contributed by atoms with Gasteiger partial charge in [-0.25, -0.2) is 4.39 Å². The molecule has 0 rings (SSSR count). The van der Waals surface area contributed by atoms with Gasteiger partial charge in [0.2, 0.25) is 0 Å². The number of rotatable bonds is 29. The van der Waals surface area contributed by atoms with E-state index < -0.39 is 0 Å². The van der Waals surface area contributed by atoms with Crippen molar-refractivity contribution in [2.75, 3.05) is 39.5 Å². The summed E-state index contributed by atoms with van der Waals surface area (Å²) in [4.78, 5) is 2.57. The average molecular weight is 472 g/mol. The highest BCUT2D eigenvalue weighted by Crippen LogP contribution is 2.13. The third-order valence-corrected chi connectivity index (χ3v) is 6.93. The van der Waals surface area contributed by atoms with E-state index in [-0.39, 0.29) is 13.3 Å². The molecular weight excluding hydrogens is 409 g/mol. The molecule has 200 valence electrons. The van der Waals surface area contributed by atoms with Crippen LogP contribution in [0.4, 0.5) is 4.39 Å². The van der Waals surface area contributed by atoms with Gasteiger partial charge in [-0.3, -0.25) is 0 Å². The lowest BCUT2D eigenvalue weighted by molar-refractivity contribution is 0.0918. The van der Waals surface area contributed by atoms with Gasteiger partial charge in [0.15, 0.2) is 0 Å². The molecule has 0 aliphatic heterocycles. The van der Waals surface area contributed by atoms with Crippen LogP contribution in [0.25, 0.3) is 0 Å². The van der Waals surface area contributed by atoms with Gasteiger partial charge in [0.1, 0.15) is 6.67 Å². The van der Waals surface area contributed by atoms with Crippen LogP contribution in [-0.2, 0) is 4.74 Å². The van der Waals surface area contributed by atoms with E-state index >= 15 is 0 Å². The molecule has 0 aromatic heterocycles. The molecule has 0 N–H and O–H groups in total. The monoisotopic (exact) mass is 471 g/mol. The highest BCUT2D eigenvalue weighted by Gasteiger charge is 2.05. The lowest BCUT2D eigenvalue weighted by Crippen LogP contribution is -2.30. The van der Waals surface area contributed by atoms with E-state index in [2.05, 4.69) is 18.7 Å². The Bertz CT molecular complexity index is 313. The first-order valence-corrected chi connectivity index (χ1v) is 15.2. The second-order valence-electron chi connectivity index (χ2n) is 10.2. The SMILES string of the molecule is CCCCCCCCCCCCCN(CCCCCCCCCCCCC)CCOCCF. The van der Waals surface area contributed by atoms with Crippen LogP contribution in [0.2, 0.25) is 0 Å². The maximum absolute atomic E-state index is 12.3. The molecule has 0 aliphatic carbocycles. The van der Waals surface area contributed by atoms with Gasteiger partial charge in [-0.2, -0.15) is 0 Å². The Balaban J connectivity index is 3.67. The minimum Gasteiger partial charge on any atom is -0.377 e. The topological polar surface area (TPSA) is 12.5 Å². The first-order valence-electron chi connectivity index (χ1n) is 15.2. The molecule has 0 aromatic carbocycles. The molecule has 0 spiro atoms. The Labute approximate surface area is 208 Å². The van der Waals surface area contributed by atoms with E-state index in [0.29, 0.717) is 6.61 Å². The zero-order valence-electron chi connectivity index (χ0n) is 23.0. The largest absolute Gasteiger partial charge is 0.377 e. The number of alkyl halides is 1. The molecule has 0 unspecified atom stereocenters. The molecular formula is C30H62FNO. The zero-order valence-corrected chi connectivity index (χ0v) is 23.0. The van der Waals surface area contributed by atoms with Crippen molar-refractivity contribution in [2.24, 2.45) is 0 Å². The van der Waals surface area contributed by atoms with Crippen molar-refractivity contribution in [1.82, 2.24) is 4.90 Å². The van der Waals surface area contributed by atoms with Crippen molar-refractivity contribution in [3.8, 4) is 0 Å². The van der Waals surface area contributed by atoms with Crippen LogP contribution >= 0.6 is 0 Å². The van der Waals surface area contributed by atoms with E-state index in [9.17, 15) is 4.39 Å². The maximum atomic E-state index is 12.3. The number of ether oxygens (including phenoxy) is 1. The van der Waals surface area contributed by atoms with Crippen molar-refractivity contribution in [2.45, 2.75) is 155 Å². The van der Waals surface area contributed by atoms with Crippen LogP contribution in [0.15, 0.2) is 0 Å². The first kappa shape index (κ1) is 32.8. The Kier molecular flexibility index (Phi) is 29.7. The highest BCUT2D eigenvalue weighted by atomic mass is 19.1. The molecule has 0 fully saturated rings. The van der Waals surface area contributed by atoms with Gasteiger partial charge in [0.25, 0.3) is 0 Å². The standard InChI is InChI=1S/C30H62FNO/c1-3-5-7-9-11-13-15-17-19-21-23-26-32(28-30-33-29-25-31)27-24-22-20-18-16-14-12-10-8-6-4-2/h3-30H2,1-2H3. The Morgan fingerprint density at radius 2 is 0.758 bits per heavy atom. The van der Waals surface area contributed by atoms with Crippen LogP contribution in [-0.4, -0.2) is 44.4 Å². The van der Waals surface area contributed by atoms with E-state index in [0.717, 1.165) is 6.54 Å². The van der Waals surface area contributed by atoms with Gasteiger partial charge in [0, 0.05) is 6.54 Å². The molecule has 33 heavy (non-hydrogen) atoms.